The first-order valence-corrected chi connectivity index (χ1v) is 9.60. The van der Waals surface area contributed by atoms with Gasteiger partial charge in [0.15, 0.2) is 16.6 Å². The monoisotopic (exact) mass is 396 g/mol. The molecule has 0 radical (unpaired) electrons. The zero-order valence-electron chi connectivity index (χ0n) is 14.8. The van der Waals surface area contributed by atoms with Crippen LogP contribution in [0.25, 0.3) is 10.2 Å². The molecule has 0 bridgehead atoms. The maximum atomic E-state index is 12.7. The third kappa shape index (κ3) is 2.99. The van der Waals surface area contributed by atoms with Gasteiger partial charge >= 0.3 is 6.03 Å². The Morgan fingerprint density at radius 2 is 2.00 bits per heavy atom. The summed E-state index contributed by atoms with van der Waals surface area (Å²) in [5, 5.41) is 3.32. The van der Waals surface area contributed by atoms with Crippen molar-refractivity contribution in [2.45, 2.75) is 0 Å². The highest BCUT2D eigenvalue weighted by Gasteiger charge is 2.32. The average molecular weight is 396 g/mol. The number of hydrogen-bond acceptors (Lipinski definition) is 6. The van der Waals surface area contributed by atoms with E-state index in [4.69, 9.17) is 9.47 Å². The molecule has 3 aromatic rings. The minimum Gasteiger partial charge on any atom is -0.454 e. The van der Waals surface area contributed by atoms with Crippen LogP contribution >= 0.6 is 11.3 Å². The van der Waals surface area contributed by atoms with Crippen LogP contribution < -0.4 is 19.7 Å². The number of hydrogen-bond donors (Lipinski definition) is 1. The number of nitrogens with zero attached hydrogens (tertiary/aromatic N) is 3. The molecule has 0 atom stereocenters. The number of fused-ring (bicyclic) bond motifs is 2. The first kappa shape index (κ1) is 16.8. The van der Waals surface area contributed by atoms with Gasteiger partial charge in [-0.1, -0.05) is 23.5 Å². The minimum atomic E-state index is -0.264. The summed E-state index contributed by atoms with van der Waals surface area (Å²) in [4.78, 5) is 32.7. The molecule has 3 amide bonds. The van der Waals surface area contributed by atoms with E-state index in [1.807, 2.05) is 30.3 Å². The highest BCUT2D eigenvalue weighted by atomic mass is 32.1. The zero-order chi connectivity index (χ0) is 19.1. The third-order valence-electron chi connectivity index (χ3n) is 4.64. The van der Waals surface area contributed by atoms with Gasteiger partial charge in [-0.25, -0.2) is 9.78 Å². The fourth-order valence-electron chi connectivity index (χ4n) is 3.28. The summed E-state index contributed by atoms with van der Waals surface area (Å²) in [6.45, 7) is 1.15. The van der Waals surface area contributed by atoms with Crippen molar-refractivity contribution in [1.29, 1.82) is 0 Å². The predicted molar refractivity (Wildman–Crippen MR) is 105 cm³/mol. The van der Waals surface area contributed by atoms with Crippen LogP contribution in [-0.4, -0.2) is 48.2 Å². The zero-order valence-corrected chi connectivity index (χ0v) is 15.6. The highest BCUT2D eigenvalue weighted by Crippen LogP contribution is 2.36. The lowest BCUT2D eigenvalue weighted by molar-refractivity contribution is -0.116. The molecular weight excluding hydrogens is 380 g/mol. The molecule has 0 aliphatic carbocycles. The Morgan fingerprint density at radius 3 is 2.89 bits per heavy atom. The Kier molecular flexibility index (Phi) is 4.01. The number of carbonyl (C=O) groups excluding carboxylic acids is 2. The maximum Gasteiger partial charge on any atom is 0.325 e. The van der Waals surface area contributed by atoms with Gasteiger partial charge in [0.25, 0.3) is 0 Å². The SMILES string of the molecule is O=C(CN1CCN(c2ccc3c(c2)OCO3)C1=O)Nc1nc2ccccc2s1. The van der Waals surface area contributed by atoms with Crippen LogP contribution in [0, 0.1) is 0 Å². The molecule has 0 unspecified atom stereocenters. The predicted octanol–water partition coefficient (Wildman–Crippen LogP) is 2.91. The van der Waals surface area contributed by atoms with Crippen LogP contribution in [0.2, 0.25) is 0 Å². The summed E-state index contributed by atoms with van der Waals surface area (Å²) in [6.07, 6.45) is 0. The first-order valence-electron chi connectivity index (χ1n) is 8.79. The standard InChI is InChI=1S/C19H16N4O4S/c24-17(21-18-20-13-3-1-2-4-16(13)28-18)10-22-7-8-23(19(22)25)12-5-6-14-15(9-12)27-11-26-14/h1-6,9H,7-8,10-11H2,(H,20,21,24). The molecule has 0 spiro atoms. The molecule has 2 aliphatic heterocycles. The molecule has 0 saturated carbocycles. The van der Waals surface area contributed by atoms with Gasteiger partial charge in [-0.2, -0.15) is 0 Å². The fraction of sp³-hybridized carbons (Fsp3) is 0.211. The van der Waals surface area contributed by atoms with E-state index in [0.29, 0.717) is 29.7 Å². The van der Waals surface area contributed by atoms with Gasteiger partial charge in [0, 0.05) is 24.8 Å². The van der Waals surface area contributed by atoms with Crippen molar-refractivity contribution in [3.8, 4) is 11.5 Å². The Labute approximate surface area is 164 Å². The summed E-state index contributed by atoms with van der Waals surface area (Å²) in [6, 6.07) is 12.9. The number of para-hydroxylation sites is 1. The summed E-state index contributed by atoms with van der Waals surface area (Å²) in [5.41, 5.74) is 1.57. The topological polar surface area (TPSA) is 84.0 Å². The van der Waals surface area contributed by atoms with E-state index in [9.17, 15) is 9.59 Å². The number of benzene rings is 2. The molecule has 2 aliphatic rings. The van der Waals surface area contributed by atoms with E-state index < -0.39 is 0 Å². The Bertz CT molecular complexity index is 1050. The van der Waals surface area contributed by atoms with Crippen LogP contribution in [0.4, 0.5) is 15.6 Å². The lowest BCUT2D eigenvalue weighted by Gasteiger charge is -2.18. The van der Waals surface area contributed by atoms with Crippen molar-refractivity contribution < 1.29 is 19.1 Å². The third-order valence-corrected chi connectivity index (χ3v) is 5.59. The van der Waals surface area contributed by atoms with Crippen molar-refractivity contribution in [2.75, 3.05) is 36.6 Å². The van der Waals surface area contributed by atoms with Crippen molar-refractivity contribution in [3.63, 3.8) is 0 Å². The number of rotatable bonds is 4. The largest absolute Gasteiger partial charge is 0.454 e. The van der Waals surface area contributed by atoms with Gasteiger partial charge in [-0.3, -0.25) is 9.69 Å². The second kappa shape index (κ2) is 6.68. The van der Waals surface area contributed by atoms with Gasteiger partial charge in [0.2, 0.25) is 12.7 Å². The lowest BCUT2D eigenvalue weighted by atomic mass is 10.2. The molecule has 142 valence electrons. The number of urea groups is 1. The first-order chi connectivity index (χ1) is 13.7. The van der Waals surface area contributed by atoms with E-state index in [0.717, 1.165) is 15.9 Å². The highest BCUT2D eigenvalue weighted by molar-refractivity contribution is 7.22. The van der Waals surface area contributed by atoms with E-state index in [-0.39, 0.29) is 25.3 Å². The second-order valence-electron chi connectivity index (χ2n) is 6.43. The van der Waals surface area contributed by atoms with E-state index in [2.05, 4.69) is 10.3 Å². The Morgan fingerprint density at radius 1 is 1.14 bits per heavy atom. The van der Waals surface area contributed by atoms with Crippen molar-refractivity contribution >= 4 is 44.3 Å². The molecule has 28 heavy (non-hydrogen) atoms. The van der Waals surface area contributed by atoms with Gasteiger partial charge in [0.1, 0.15) is 6.54 Å². The fourth-order valence-corrected chi connectivity index (χ4v) is 4.16. The van der Waals surface area contributed by atoms with Crippen LogP contribution in [-0.2, 0) is 4.79 Å². The van der Waals surface area contributed by atoms with Crippen LogP contribution in [0.3, 0.4) is 0 Å². The Hall–Kier alpha value is -3.33. The molecule has 2 aromatic carbocycles. The molecule has 1 aromatic heterocycles. The number of ether oxygens (including phenoxy) is 2. The summed E-state index contributed by atoms with van der Waals surface area (Å²) >= 11 is 1.41. The molecule has 1 saturated heterocycles. The maximum absolute atomic E-state index is 12.7. The number of carbonyl (C=O) groups is 2. The molecular formula is C19H16N4O4S. The van der Waals surface area contributed by atoms with Crippen molar-refractivity contribution in [3.05, 3.63) is 42.5 Å². The van der Waals surface area contributed by atoms with E-state index in [1.165, 1.54) is 16.2 Å². The quantitative estimate of drug-likeness (QED) is 0.733. The van der Waals surface area contributed by atoms with E-state index in [1.54, 1.807) is 17.0 Å². The van der Waals surface area contributed by atoms with Crippen LogP contribution in [0.1, 0.15) is 0 Å². The van der Waals surface area contributed by atoms with Gasteiger partial charge in [0.05, 0.1) is 10.2 Å². The van der Waals surface area contributed by atoms with Crippen LogP contribution in [0.5, 0.6) is 11.5 Å². The molecule has 3 heterocycles. The average Bonchev–Trinajstić information content (AvgIpc) is 3.39. The van der Waals surface area contributed by atoms with Crippen LogP contribution in [0.15, 0.2) is 42.5 Å². The molecule has 5 rings (SSSR count). The number of amides is 3. The summed E-state index contributed by atoms with van der Waals surface area (Å²) < 4.78 is 11.7. The number of thiazole rings is 1. The smallest absolute Gasteiger partial charge is 0.325 e. The van der Waals surface area contributed by atoms with E-state index >= 15 is 0 Å². The van der Waals surface area contributed by atoms with Gasteiger partial charge in [-0.15, -0.1) is 0 Å². The summed E-state index contributed by atoms with van der Waals surface area (Å²) in [7, 11) is 0. The molecule has 1 fully saturated rings. The van der Waals surface area contributed by atoms with Crippen molar-refractivity contribution in [2.24, 2.45) is 0 Å². The van der Waals surface area contributed by atoms with Crippen molar-refractivity contribution in [1.82, 2.24) is 9.88 Å². The number of nitrogens with one attached hydrogen (secondary N) is 1. The second-order valence-corrected chi connectivity index (χ2v) is 7.46. The molecule has 8 nitrogen and oxygen atoms in total. The number of aromatic nitrogens is 1. The minimum absolute atomic E-state index is 0.0180. The molecule has 9 heteroatoms. The van der Waals surface area contributed by atoms with Gasteiger partial charge in [-0.05, 0) is 24.3 Å². The molecule has 1 N–H and O–H groups in total. The normalized spacial score (nSPS) is 15.5. The Balaban J connectivity index is 1.24. The lowest BCUT2D eigenvalue weighted by Crippen LogP contribution is -2.37. The number of anilines is 2. The van der Waals surface area contributed by atoms with Gasteiger partial charge < -0.3 is 19.7 Å². The summed E-state index contributed by atoms with van der Waals surface area (Å²) in [5.74, 6) is 1.03.